The highest BCUT2D eigenvalue weighted by Crippen LogP contribution is 2.27. The van der Waals surface area contributed by atoms with Crippen molar-refractivity contribution >= 4 is 34.8 Å². The van der Waals surface area contributed by atoms with Crippen LogP contribution in [0, 0.1) is 0 Å². The summed E-state index contributed by atoms with van der Waals surface area (Å²) in [4.78, 5) is 41.3. The monoisotopic (exact) mass is 464 g/mol. The summed E-state index contributed by atoms with van der Waals surface area (Å²) in [5.41, 5.74) is 1.06. The first-order valence-electron chi connectivity index (χ1n) is 10.6. The van der Waals surface area contributed by atoms with Gasteiger partial charge in [0, 0.05) is 23.9 Å². The number of thiophene rings is 1. The van der Waals surface area contributed by atoms with Gasteiger partial charge in [-0.25, -0.2) is 4.79 Å². The van der Waals surface area contributed by atoms with Crippen LogP contribution < -0.4 is 10.1 Å². The highest BCUT2D eigenvalue weighted by Gasteiger charge is 2.38. The molecular weight excluding hydrogens is 440 g/mol. The number of likely N-dealkylation sites (tertiary alicyclic amines) is 1. The largest absolute Gasteiger partial charge is 0.497 e. The minimum atomic E-state index is -1.16. The van der Waals surface area contributed by atoms with Gasteiger partial charge in [-0.1, -0.05) is 42.5 Å². The molecule has 2 unspecified atom stereocenters. The standard InChI is InChI=1S/C25H24N2O5S/c1-31-19-11-5-10-18(16-19)26-23(28)22(17-8-3-2-4-9-17)32-25(30)20-12-6-14-27(20)24(29)21-13-7-15-33-21/h2-5,7-11,13,15-16,20,22H,6,12,14H2,1H3,(H,26,28). The van der Waals surface area contributed by atoms with Crippen LogP contribution in [-0.4, -0.2) is 42.4 Å². The Balaban J connectivity index is 1.53. The Hall–Kier alpha value is -3.65. The SMILES string of the molecule is COc1cccc(NC(=O)C(OC(=O)C2CCCN2C(=O)c2cccs2)c2ccccc2)c1. The highest BCUT2D eigenvalue weighted by molar-refractivity contribution is 7.12. The van der Waals surface area contributed by atoms with E-state index in [1.165, 1.54) is 16.2 Å². The van der Waals surface area contributed by atoms with Gasteiger partial charge in [0.15, 0.2) is 0 Å². The smallest absolute Gasteiger partial charge is 0.329 e. The first kappa shape index (κ1) is 22.5. The Morgan fingerprint density at radius 3 is 2.61 bits per heavy atom. The molecule has 2 atom stereocenters. The molecule has 8 heteroatoms. The zero-order valence-corrected chi connectivity index (χ0v) is 18.9. The van der Waals surface area contributed by atoms with Crippen molar-refractivity contribution in [3.05, 3.63) is 82.6 Å². The second-order valence-electron chi connectivity index (χ2n) is 7.58. The second-order valence-corrected chi connectivity index (χ2v) is 8.53. The van der Waals surface area contributed by atoms with Crippen molar-refractivity contribution in [3.63, 3.8) is 0 Å². The number of hydrogen-bond acceptors (Lipinski definition) is 6. The molecule has 1 fully saturated rings. The van der Waals surface area contributed by atoms with E-state index in [-0.39, 0.29) is 5.91 Å². The molecule has 1 N–H and O–H groups in total. The number of ether oxygens (including phenoxy) is 2. The van der Waals surface area contributed by atoms with Gasteiger partial charge in [0.05, 0.1) is 12.0 Å². The lowest BCUT2D eigenvalue weighted by molar-refractivity contribution is -0.158. The Labute approximate surface area is 195 Å². The molecule has 1 saturated heterocycles. The summed E-state index contributed by atoms with van der Waals surface area (Å²) in [5.74, 6) is -0.680. The first-order valence-corrected chi connectivity index (χ1v) is 11.5. The number of nitrogens with one attached hydrogen (secondary N) is 1. The topological polar surface area (TPSA) is 84.9 Å². The van der Waals surface area contributed by atoms with Crippen molar-refractivity contribution in [2.24, 2.45) is 0 Å². The summed E-state index contributed by atoms with van der Waals surface area (Å²) >= 11 is 1.33. The van der Waals surface area contributed by atoms with Crippen LogP contribution in [-0.2, 0) is 14.3 Å². The molecule has 3 aromatic rings. The summed E-state index contributed by atoms with van der Waals surface area (Å²) in [6.45, 7) is 0.475. The fourth-order valence-electron chi connectivity index (χ4n) is 3.80. The van der Waals surface area contributed by atoms with Gasteiger partial charge in [-0.2, -0.15) is 0 Å². The van der Waals surface area contributed by atoms with Crippen molar-refractivity contribution in [2.45, 2.75) is 25.0 Å². The van der Waals surface area contributed by atoms with Gasteiger partial charge in [0.1, 0.15) is 11.8 Å². The maximum Gasteiger partial charge on any atom is 0.329 e. The minimum absolute atomic E-state index is 0.193. The summed E-state index contributed by atoms with van der Waals surface area (Å²) in [6.07, 6.45) is 0.0295. The summed E-state index contributed by atoms with van der Waals surface area (Å²) < 4.78 is 10.9. The molecule has 170 valence electrons. The molecule has 2 heterocycles. The molecule has 1 aliphatic heterocycles. The predicted molar refractivity (Wildman–Crippen MR) is 125 cm³/mol. The molecule has 2 aromatic carbocycles. The highest BCUT2D eigenvalue weighted by atomic mass is 32.1. The number of carbonyl (C=O) groups excluding carboxylic acids is 3. The maximum absolute atomic E-state index is 13.2. The van der Waals surface area contributed by atoms with Gasteiger partial charge in [-0.3, -0.25) is 9.59 Å². The average molecular weight is 465 g/mol. The van der Waals surface area contributed by atoms with Gasteiger partial charge in [-0.15, -0.1) is 11.3 Å². The van der Waals surface area contributed by atoms with Crippen molar-refractivity contribution in [2.75, 3.05) is 19.0 Å². The number of benzene rings is 2. The van der Waals surface area contributed by atoms with Crippen LogP contribution in [0.3, 0.4) is 0 Å². The van der Waals surface area contributed by atoms with E-state index in [0.717, 1.165) is 0 Å². The van der Waals surface area contributed by atoms with E-state index in [9.17, 15) is 14.4 Å². The third kappa shape index (κ3) is 5.23. The number of methoxy groups -OCH3 is 1. The molecule has 7 nitrogen and oxygen atoms in total. The Kier molecular flexibility index (Phi) is 7.04. The van der Waals surface area contributed by atoms with Crippen LogP contribution in [0.2, 0.25) is 0 Å². The maximum atomic E-state index is 13.2. The molecule has 33 heavy (non-hydrogen) atoms. The van der Waals surface area contributed by atoms with Gasteiger partial charge in [-0.05, 0) is 36.4 Å². The first-order chi connectivity index (χ1) is 16.1. The van der Waals surface area contributed by atoms with Gasteiger partial charge in [0.25, 0.3) is 11.8 Å². The number of nitrogens with zero attached hydrogens (tertiary/aromatic N) is 1. The molecule has 4 rings (SSSR count). The summed E-state index contributed by atoms with van der Waals surface area (Å²) in [7, 11) is 1.54. The molecule has 0 saturated carbocycles. The number of hydrogen-bond donors (Lipinski definition) is 1. The van der Waals surface area contributed by atoms with E-state index in [4.69, 9.17) is 9.47 Å². The van der Waals surface area contributed by atoms with E-state index in [0.29, 0.717) is 41.3 Å². The van der Waals surface area contributed by atoms with E-state index >= 15 is 0 Å². The molecule has 0 aliphatic carbocycles. The van der Waals surface area contributed by atoms with Crippen LogP contribution in [0.15, 0.2) is 72.1 Å². The van der Waals surface area contributed by atoms with E-state index < -0.39 is 24.0 Å². The predicted octanol–water partition coefficient (Wildman–Crippen LogP) is 4.28. The third-order valence-electron chi connectivity index (χ3n) is 5.43. The normalized spacial score (nSPS) is 16.2. The Morgan fingerprint density at radius 2 is 1.88 bits per heavy atom. The molecule has 0 spiro atoms. The fraction of sp³-hybridized carbons (Fsp3) is 0.240. The Bertz CT molecular complexity index is 1120. The van der Waals surface area contributed by atoms with Crippen molar-refractivity contribution in [1.82, 2.24) is 4.90 Å². The molecule has 2 amide bonds. The van der Waals surface area contributed by atoms with Crippen LogP contribution >= 0.6 is 11.3 Å². The van der Waals surface area contributed by atoms with Crippen molar-refractivity contribution in [1.29, 1.82) is 0 Å². The molecular formula is C25H24N2O5S. The van der Waals surface area contributed by atoms with Crippen LogP contribution in [0.25, 0.3) is 0 Å². The quantitative estimate of drug-likeness (QED) is 0.528. The number of anilines is 1. The molecule has 0 radical (unpaired) electrons. The molecule has 1 aromatic heterocycles. The number of amides is 2. The lowest BCUT2D eigenvalue weighted by Gasteiger charge is -2.25. The summed E-state index contributed by atoms with van der Waals surface area (Å²) in [5, 5.41) is 4.62. The lowest BCUT2D eigenvalue weighted by atomic mass is 10.1. The minimum Gasteiger partial charge on any atom is -0.497 e. The van der Waals surface area contributed by atoms with E-state index in [1.54, 1.807) is 67.8 Å². The number of carbonyl (C=O) groups is 3. The van der Waals surface area contributed by atoms with Gasteiger partial charge < -0.3 is 19.7 Å². The van der Waals surface area contributed by atoms with Crippen LogP contribution in [0.5, 0.6) is 5.75 Å². The fourth-order valence-corrected chi connectivity index (χ4v) is 4.48. The van der Waals surface area contributed by atoms with E-state index in [2.05, 4.69) is 5.32 Å². The zero-order chi connectivity index (χ0) is 23.2. The van der Waals surface area contributed by atoms with Crippen molar-refractivity contribution in [3.8, 4) is 5.75 Å². The molecule has 1 aliphatic rings. The second kappa shape index (κ2) is 10.3. The number of esters is 1. The van der Waals surface area contributed by atoms with Gasteiger partial charge in [0.2, 0.25) is 6.10 Å². The molecule has 0 bridgehead atoms. The Morgan fingerprint density at radius 1 is 1.06 bits per heavy atom. The zero-order valence-electron chi connectivity index (χ0n) is 18.1. The van der Waals surface area contributed by atoms with Gasteiger partial charge >= 0.3 is 5.97 Å². The average Bonchev–Trinajstić information content (AvgIpc) is 3.55. The summed E-state index contributed by atoms with van der Waals surface area (Å²) in [6, 6.07) is 18.6. The van der Waals surface area contributed by atoms with Crippen LogP contribution in [0.4, 0.5) is 5.69 Å². The number of rotatable bonds is 7. The lowest BCUT2D eigenvalue weighted by Crippen LogP contribution is -2.42. The van der Waals surface area contributed by atoms with Crippen LogP contribution in [0.1, 0.15) is 34.2 Å². The van der Waals surface area contributed by atoms with Crippen molar-refractivity contribution < 1.29 is 23.9 Å². The third-order valence-corrected chi connectivity index (χ3v) is 6.29. The van der Waals surface area contributed by atoms with E-state index in [1.807, 2.05) is 11.4 Å².